The highest BCUT2D eigenvalue weighted by Gasteiger charge is 1.97. The Bertz CT molecular complexity index is 273. The molecule has 0 aromatic carbocycles. The lowest BCUT2D eigenvalue weighted by Crippen LogP contribution is -1.97. The lowest BCUT2D eigenvalue weighted by atomic mass is 10.0. The molecule has 0 aliphatic heterocycles. The van der Waals surface area contributed by atoms with Crippen molar-refractivity contribution in [3.8, 4) is 0 Å². The molecule has 176 valence electrons. The first-order chi connectivity index (χ1) is 14.3. The lowest BCUT2D eigenvalue weighted by molar-refractivity contribution is 0.125. The number of unbranched alkanes of at least 4 members (excludes halogenated alkanes) is 19. The molecule has 0 heterocycles. The minimum absolute atomic E-state index is 0.891. The third-order valence-corrected chi connectivity index (χ3v) is 6.21. The first-order valence-electron chi connectivity index (χ1n) is 13.8. The van der Waals surface area contributed by atoms with Crippen LogP contribution in [0.2, 0.25) is 0 Å². The third kappa shape index (κ3) is 28.0. The van der Waals surface area contributed by atoms with Gasteiger partial charge < -0.3 is 4.74 Å². The van der Waals surface area contributed by atoms with Crippen molar-refractivity contribution in [1.29, 1.82) is 0 Å². The molecule has 0 atom stereocenters. The quantitative estimate of drug-likeness (QED) is 0.136. The van der Waals surface area contributed by atoms with Crippen molar-refractivity contribution in [3.05, 3.63) is 0 Å². The molecule has 0 N–H and O–H groups in total. The number of hydrogen-bond donors (Lipinski definition) is 0. The molecule has 0 spiro atoms. The second-order valence-corrected chi connectivity index (χ2v) is 9.87. The van der Waals surface area contributed by atoms with E-state index in [1.165, 1.54) is 141 Å². The van der Waals surface area contributed by atoms with Crippen LogP contribution in [0.1, 0.15) is 162 Å². The average molecular weight is 411 g/mol. The van der Waals surface area contributed by atoms with Crippen molar-refractivity contribution < 1.29 is 4.74 Å². The highest BCUT2D eigenvalue weighted by molar-refractivity contribution is 4.51. The summed E-state index contributed by atoms with van der Waals surface area (Å²) in [5.41, 5.74) is 0. The topological polar surface area (TPSA) is 9.23 Å². The summed E-state index contributed by atoms with van der Waals surface area (Å²) in [6.45, 7) is 8.95. The molecule has 0 rings (SSSR count). The summed E-state index contributed by atoms with van der Waals surface area (Å²) < 4.78 is 5.80. The van der Waals surface area contributed by atoms with Crippen molar-refractivity contribution in [2.75, 3.05) is 13.2 Å². The Balaban J connectivity index is 2.98. The molecule has 0 fully saturated rings. The molecule has 0 saturated heterocycles. The standard InChI is InChI=1S/C28H58O/c1-4-5-6-7-8-17-20-23-26-29-27-24-21-18-15-13-11-9-10-12-14-16-19-22-25-28(2)3/h28H,4-27H2,1-3H3. The monoisotopic (exact) mass is 410 g/mol. The van der Waals surface area contributed by atoms with Gasteiger partial charge in [0.05, 0.1) is 0 Å². The van der Waals surface area contributed by atoms with Gasteiger partial charge in [0.25, 0.3) is 0 Å². The highest BCUT2D eigenvalue weighted by atomic mass is 16.5. The van der Waals surface area contributed by atoms with E-state index in [-0.39, 0.29) is 0 Å². The number of rotatable bonds is 25. The first-order valence-corrected chi connectivity index (χ1v) is 13.8. The molecule has 0 unspecified atom stereocenters. The van der Waals surface area contributed by atoms with Crippen molar-refractivity contribution in [2.45, 2.75) is 162 Å². The Morgan fingerprint density at radius 1 is 0.414 bits per heavy atom. The Kier molecular flexibility index (Phi) is 26.0. The van der Waals surface area contributed by atoms with Crippen molar-refractivity contribution in [1.82, 2.24) is 0 Å². The van der Waals surface area contributed by atoms with Gasteiger partial charge >= 0.3 is 0 Å². The zero-order chi connectivity index (χ0) is 21.3. The Morgan fingerprint density at radius 3 is 1.07 bits per heavy atom. The van der Waals surface area contributed by atoms with Gasteiger partial charge in [0.15, 0.2) is 0 Å². The van der Waals surface area contributed by atoms with E-state index in [2.05, 4.69) is 20.8 Å². The summed E-state index contributed by atoms with van der Waals surface area (Å²) in [4.78, 5) is 0. The SMILES string of the molecule is CCCCCCCCCCOCCCCCCCCCCCCCCCC(C)C. The van der Waals surface area contributed by atoms with Crippen LogP contribution in [0.25, 0.3) is 0 Å². The van der Waals surface area contributed by atoms with E-state index in [0.29, 0.717) is 0 Å². The predicted octanol–water partition coefficient (Wildman–Crippen LogP) is 10.3. The fraction of sp³-hybridized carbons (Fsp3) is 1.00. The van der Waals surface area contributed by atoms with Crippen LogP contribution in [-0.2, 0) is 4.74 Å². The Hall–Kier alpha value is -0.0400. The third-order valence-electron chi connectivity index (χ3n) is 6.21. The van der Waals surface area contributed by atoms with Crippen LogP contribution < -0.4 is 0 Å². The molecule has 0 aromatic rings. The van der Waals surface area contributed by atoms with E-state index in [0.717, 1.165) is 19.1 Å². The maximum absolute atomic E-state index is 5.80. The van der Waals surface area contributed by atoms with Gasteiger partial charge in [-0.1, -0.05) is 149 Å². The molecule has 1 heteroatoms. The lowest BCUT2D eigenvalue weighted by Gasteiger charge is -2.05. The summed E-state index contributed by atoms with van der Waals surface area (Å²) in [5.74, 6) is 0.891. The van der Waals surface area contributed by atoms with E-state index >= 15 is 0 Å². The van der Waals surface area contributed by atoms with E-state index in [1.54, 1.807) is 0 Å². The minimum Gasteiger partial charge on any atom is -0.381 e. The largest absolute Gasteiger partial charge is 0.381 e. The Labute approximate surface area is 186 Å². The summed E-state index contributed by atoms with van der Waals surface area (Å²) in [5, 5.41) is 0. The number of ether oxygens (including phenoxy) is 1. The molecule has 0 amide bonds. The van der Waals surface area contributed by atoms with Gasteiger partial charge in [-0.25, -0.2) is 0 Å². The molecule has 29 heavy (non-hydrogen) atoms. The van der Waals surface area contributed by atoms with Gasteiger partial charge in [0.2, 0.25) is 0 Å². The summed E-state index contributed by atoms with van der Waals surface area (Å²) in [7, 11) is 0. The van der Waals surface area contributed by atoms with Crippen molar-refractivity contribution >= 4 is 0 Å². The normalized spacial score (nSPS) is 11.6. The molecular formula is C28H58O. The van der Waals surface area contributed by atoms with Gasteiger partial charge in [-0.2, -0.15) is 0 Å². The zero-order valence-corrected chi connectivity index (χ0v) is 21.0. The molecule has 0 bridgehead atoms. The van der Waals surface area contributed by atoms with Crippen molar-refractivity contribution in [2.24, 2.45) is 5.92 Å². The second kappa shape index (κ2) is 26.0. The van der Waals surface area contributed by atoms with Gasteiger partial charge in [-0.3, -0.25) is 0 Å². The van der Waals surface area contributed by atoms with Crippen LogP contribution >= 0.6 is 0 Å². The minimum atomic E-state index is 0.891. The van der Waals surface area contributed by atoms with Crippen LogP contribution in [-0.4, -0.2) is 13.2 Å². The Morgan fingerprint density at radius 2 is 0.724 bits per heavy atom. The molecule has 1 nitrogen and oxygen atoms in total. The van der Waals surface area contributed by atoms with Gasteiger partial charge in [-0.05, 0) is 18.8 Å². The molecule has 0 aromatic heterocycles. The van der Waals surface area contributed by atoms with Gasteiger partial charge in [0, 0.05) is 13.2 Å². The zero-order valence-electron chi connectivity index (χ0n) is 21.0. The van der Waals surface area contributed by atoms with Crippen LogP contribution in [0.5, 0.6) is 0 Å². The average Bonchev–Trinajstić information content (AvgIpc) is 2.71. The molecular weight excluding hydrogens is 352 g/mol. The fourth-order valence-corrected chi connectivity index (χ4v) is 4.14. The first kappa shape index (κ1) is 29.0. The molecule has 0 aliphatic rings. The van der Waals surface area contributed by atoms with Crippen LogP contribution in [0.4, 0.5) is 0 Å². The molecule has 0 aliphatic carbocycles. The van der Waals surface area contributed by atoms with Crippen LogP contribution in [0, 0.1) is 5.92 Å². The second-order valence-electron chi connectivity index (χ2n) is 9.87. The number of hydrogen-bond acceptors (Lipinski definition) is 1. The van der Waals surface area contributed by atoms with E-state index < -0.39 is 0 Å². The summed E-state index contributed by atoms with van der Waals surface area (Å²) in [6.07, 6.45) is 31.2. The summed E-state index contributed by atoms with van der Waals surface area (Å²) >= 11 is 0. The predicted molar refractivity (Wildman–Crippen MR) is 133 cm³/mol. The summed E-state index contributed by atoms with van der Waals surface area (Å²) in [6, 6.07) is 0. The van der Waals surface area contributed by atoms with Gasteiger partial charge in [0.1, 0.15) is 0 Å². The van der Waals surface area contributed by atoms with Crippen LogP contribution in [0.15, 0.2) is 0 Å². The highest BCUT2D eigenvalue weighted by Crippen LogP contribution is 2.14. The smallest absolute Gasteiger partial charge is 0.0466 e. The van der Waals surface area contributed by atoms with E-state index in [1.807, 2.05) is 0 Å². The van der Waals surface area contributed by atoms with Crippen molar-refractivity contribution in [3.63, 3.8) is 0 Å². The maximum Gasteiger partial charge on any atom is 0.0466 e. The van der Waals surface area contributed by atoms with Crippen LogP contribution in [0.3, 0.4) is 0 Å². The maximum atomic E-state index is 5.80. The van der Waals surface area contributed by atoms with E-state index in [4.69, 9.17) is 4.74 Å². The fourth-order valence-electron chi connectivity index (χ4n) is 4.14. The van der Waals surface area contributed by atoms with Gasteiger partial charge in [-0.15, -0.1) is 0 Å². The van der Waals surface area contributed by atoms with E-state index in [9.17, 15) is 0 Å². The molecule has 0 saturated carbocycles. The molecule has 0 radical (unpaired) electrons.